The van der Waals surface area contributed by atoms with Crippen LogP contribution in [0.15, 0.2) is 41.9 Å². The molecular formula is C15H16N4S. The van der Waals surface area contributed by atoms with E-state index in [4.69, 9.17) is 5.84 Å². The predicted octanol–water partition coefficient (Wildman–Crippen LogP) is 2.75. The Balaban J connectivity index is 1.98. The number of aryl methyl sites for hydroxylation is 1. The second-order valence-electron chi connectivity index (χ2n) is 4.73. The molecule has 1 aromatic carbocycles. The number of nitrogens with zero attached hydrogens (tertiary/aromatic N) is 2. The van der Waals surface area contributed by atoms with Gasteiger partial charge >= 0.3 is 0 Å². The number of pyridine rings is 1. The van der Waals surface area contributed by atoms with E-state index in [2.05, 4.69) is 39.0 Å². The molecule has 5 heteroatoms. The van der Waals surface area contributed by atoms with Gasteiger partial charge in [-0.2, -0.15) is 0 Å². The Labute approximate surface area is 121 Å². The van der Waals surface area contributed by atoms with Crippen LogP contribution in [0.2, 0.25) is 0 Å². The van der Waals surface area contributed by atoms with Crippen molar-refractivity contribution in [2.24, 2.45) is 5.84 Å². The number of para-hydroxylation sites is 1. The summed E-state index contributed by atoms with van der Waals surface area (Å²) in [5, 5.41) is 4.27. The van der Waals surface area contributed by atoms with E-state index in [1.165, 1.54) is 0 Å². The van der Waals surface area contributed by atoms with Gasteiger partial charge in [0.2, 0.25) is 0 Å². The lowest BCUT2D eigenvalue weighted by Gasteiger charge is -2.16. The number of aromatic nitrogens is 2. The van der Waals surface area contributed by atoms with Crippen LogP contribution in [0.1, 0.15) is 22.3 Å². The van der Waals surface area contributed by atoms with Gasteiger partial charge in [0, 0.05) is 29.1 Å². The smallest absolute Gasteiger partial charge is 0.0947 e. The number of hydrazine groups is 1. The molecule has 0 spiro atoms. The molecule has 0 amide bonds. The molecule has 102 valence electrons. The van der Waals surface area contributed by atoms with Crippen LogP contribution in [0.4, 0.5) is 0 Å². The van der Waals surface area contributed by atoms with Crippen molar-refractivity contribution in [3.05, 3.63) is 58.2 Å². The molecule has 0 aliphatic heterocycles. The Morgan fingerprint density at radius 2 is 2.15 bits per heavy atom. The largest absolute Gasteiger partial charge is 0.271 e. The number of fused-ring (bicyclic) bond motifs is 1. The molecule has 0 fully saturated rings. The van der Waals surface area contributed by atoms with Crippen LogP contribution in [-0.2, 0) is 6.42 Å². The molecule has 0 aliphatic rings. The summed E-state index contributed by atoms with van der Waals surface area (Å²) < 4.78 is 0. The maximum atomic E-state index is 5.75. The lowest BCUT2D eigenvalue weighted by Crippen LogP contribution is -2.29. The topological polar surface area (TPSA) is 63.8 Å². The summed E-state index contributed by atoms with van der Waals surface area (Å²) >= 11 is 1.67. The molecule has 3 rings (SSSR count). The van der Waals surface area contributed by atoms with Crippen LogP contribution in [-0.4, -0.2) is 9.97 Å². The standard InChI is InChI=1S/C15H16N4S/c1-10-9-20-14(18-10)8-13(19-16)12-6-2-4-11-5-3-7-17-15(11)12/h2-7,9,13,19H,8,16H2,1H3. The maximum absolute atomic E-state index is 5.75. The summed E-state index contributed by atoms with van der Waals surface area (Å²) in [5.41, 5.74) is 6.05. The van der Waals surface area contributed by atoms with Gasteiger partial charge in [0.15, 0.2) is 0 Å². The molecule has 20 heavy (non-hydrogen) atoms. The molecule has 0 saturated carbocycles. The minimum absolute atomic E-state index is 0.0131. The number of benzene rings is 1. The van der Waals surface area contributed by atoms with Crippen molar-refractivity contribution in [3.63, 3.8) is 0 Å². The van der Waals surface area contributed by atoms with Crippen LogP contribution in [0, 0.1) is 6.92 Å². The van der Waals surface area contributed by atoms with E-state index in [-0.39, 0.29) is 6.04 Å². The van der Waals surface area contributed by atoms with E-state index in [0.29, 0.717) is 0 Å². The molecule has 3 aromatic rings. The van der Waals surface area contributed by atoms with Crippen molar-refractivity contribution in [2.45, 2.75) is 19.4 Å². The third-order valence-electron chi connectivity index (χ3n) is 3.29. The number of thiazole rings is 1. The van der Waals surface area contributed by atoms with Crippen LogP contribution >= 0.6 is 11.3 Å². The summed E-state index contributed by atoms with van der Waals surface area (Å²) in [4.78, 5) is 8.99. The van der Waals surface area contributed by atoms with E-state index in [1.54, 1.807) is 11.3 Å². The zero-order chi connectivity index (χ0) is 13.9. The minimum atomic E-state index is 0.0131. The van der Waals surface area contributed by atoms with Gasteiger partial charge in [-0.05, 0) is 18.6 Å². The van der Waals surface area contributed by atoms with Crippen molar-refractivity contribution in [1.82, 2.24) is 15.4 Å². The Bertz CT molecular complexity index is 717. The summed E-state index contributed by atoms with van der Waals surface area (Å²) in [6.45, 7) is 2.00. The molecule has 1 atom stereocenters. The molecule has 2 heterocycles. The Morgan fingerprint density at radius 1 is 1.30 bits per heavy atom. The fourth-order valence-corrected chi connectivity index (χ4v) is 3.16. The lowest BCUT2D eigenvalue weighted by molar-refractivity contribution is 0.553. The van der Waals surface area contributed by atoms with Crippen LogP contribution in [0.25, 0.3) is 10.9 Å². The fourth-order valence-electron chi connectivity index (χ4n) is 2.34. The van der Waals surface area contributed by atoms with Gasteiger partial charge < -0.3 is 0 Å². The highest BCUT2D eigenvalue weighted by Gasteiger charge is 2.15. The fraction of sp³-hybridized carbons (Fsp3) is 0.200. The monoisotopic (exact) mass is 284 g/mol. The van der Waals surface area contributed by atoms with Gasteiger partial charge in [0.05, 0.1) is 16.6 Å². The van der Waals surface area contributed by atoms with E-state index in [9.17, 15) is 0 Å². The lowest BCUT2D eigenvalue weighted by atomic mass is 10.0. The van der Waals surface area contributed by atoms with Gasteiger partial charge in [-0.15, -0.1) is 11.3 Å². The molecular weight excluding hydrogens is 268 g/mol. The molecule has 3 N–H and O–H groups in total. The van der Waals surface area contributed by atoms with Crippen LogP contribution < -0.4 is 11.3 Å². The maximum Gasteiger partial charge on any atom is 0.0947 e. The number of rotatable bonds is 4. The van der Waals surface area contributed by atoms with E-state index in [1.807, 2.05) is 25.3 Å². The second-order valence-corrected chi connectivity index (χ2v) is 5.67. The van der Waals surface area contributed by atoms with Crippen LogP contribution in [0.5, 0.6) is 0 Å². The first-order chi connectivity index (χ1) is 9.78. The number of hydrogen-bond acceptors (Lipinski definition) is 5. The summed E-state index contributed by atoms with van der Waals surface area (Å²) in [7, 11) is 0. The highest BCUT2D eigenvalue weighted by Crippen LogP contribution is 2.25. The quantitative estimate of drug-likeness (QED) is 0.571. The Morgan fingerprint density at radius 3 is 2.90 bits per heavy atom. The van der Waals surface area contributed by atoms with Gasteiger partial charge in [-0.25, -0.2) is 4.98 Å². The van der Waals surface area contributed by atoms with E-state index >= 15 is 0 Å². The predicted molar refractivity (Wildman–Crippen MR) is 82.4 cm³/mol. The van der Waals surface area contributed by atoms with Crippen LogP contribution in [0.3, 0.4) is 0 Å². The molecule has 1 unspecified atom stereocenters. The highest BCUT2D eigenvalue weighted by atomic mass is 32.1. The molecule has 0 radical (unpaired) electrons. The normalized spacial score (nSPS) is 12.7. The Hall–Kier alpha value is -1.82. The van der Waals surface area contributed by atoms with Crippen molar-refractivity contribution in [1.29, 1.82) is 0 Å². The Kier molecular flexibility index (Phi) is 3.73. The highest BCUT2D eigenvalue weighted by molar-refractivity contribution is 7.09. The summed E-state index contributed by atoms with van der Waals surface area (Å²) in [6.07, 6.45) is 2.58. The molecule has 4 nitrogen and oxygen atoms in total. The first kappa shape index (κ1) is 13.2. The van der Waals surface area contributed by atoms with E-state index < -0.39 is 0 Å². The third-order valence-corrected chi connectivity index (χ3v) is 4.27. The zero-order valence-electron chi connectivity index (χ0n) is 11.2. The van der Waals surface area contributed by atoms with Gasteiger partial charge in [-0.3, -0.25) is 16.3 Å². The minimum Gasteiger partial charge on any atom is -0.271 e. The van der Waals surface area contributed by atoms with Gasteiger partial charge in [0.25, 0.3) is 0 Å². The van der Waals surface area contributed by atoms with Crippen molar-refractivity contribution < 1.29 is 0 Å². The third kappa shape index (κ3) is 2.56. The van der Waals surface area contributed by atoms with Gasteiger partial charge in [-0.1, -0.05) is 24.3 Å². The molecule has 0 saturated heterocycles. The summed E-state index contributed by atoms with van der Waals surface area (Å²) in [5.74, 6) is 5.75. The zero-order valence-corrected chi connectivity index (χ0v) is 12.0. The molecule has 0 bridgehead atoms. The average molecular weight is 284 g/mol. The first-order valence-electron chi connectivity index (χ1n) is 6.48. The number of nitrogens with two attached hydrogens (primary N) is 1. The van der Waals surface area contributed by atoms with E-state index in [0.717, 1.165) is 33.6 Å². The number of hydrogen-bond donors (Lipinski definition) is 2. The molecule has 0 aliphatic carbocycles. The van der Waals surface area contributed by atoms with Crippen molar-refractivity contribution in [2.75, 3.05) is 0 Å². The summed E-state index contributed by atoms with van der Waals surface area (Å²) in [6, 6.07) is 10.2. The second kappa shape index (κ2) is 5.66. The first-order valence-corrected chi connectivity index (χ1v) is 7.36. The van der Waals surface area contributed by atoms with Crippen molar-refractivity contribution in [3.8, 4) is 0 Å². The number of nitrogens with one attached hydrogen (secondary N) is 1. The SMILES string of the molecule is Cc1csc(CC(NN)c2cccc3cccnc23)n1. The van der Waals surface area contributed by atoms with Crippen molar-refractivity contribution >= 4 is 22.2 Å². The molecule has 2 aromatic heterocycles. The average Bonchev–Trinajstić information content (AvgIpc) is 2.89. The van der Waals surface area contributed by atoms with Gasteiger partial charge in [0.1, 0.15) is 0 Å².